The predicted octanol–water partition coefficient (Wildman–Crippen LogP) is 0.501. The number of H-pyrrole nitrogens is 1. The average molecular weight is 273 g/mol. The van der Waals surface area contributed by atoms with E-state index in [1.54, 1.807) is 30.1 Å². The Morgan fingerprint density at radius 2 is 2.35 bits per heavy atom. The number of nitrogens with zero attached hydrogens (tertiary/aromatic N) is 3. The molecule has 2 aromatic rings. The first kappa shape index (κ1) is 13.6. The van der Waals surface area contributed by atoms with Crippen molar-refractivity contribution in [1.29, 1.82) is 0 Å². The van der Waals surface area contributed by atoms with E-state index >= 15 is 0 Å². The summed E-state index contributed by atoms with van der Waals surface area (Å²) < 4.78 is 0. The number of aromatic nitrogens is 2. The molecule has 4 N–H and O–H groups in total. The van der Waals surface area contributed by atoms with Gasteiger partial charge in [-0.1, -0.05) is 23.4 Å². The lowest BCUT2D eigenvalue weighted by Crippen LogP contribution is -2.25. The fourth-order valence-corrected chi connectivity index (χ4v) is 1.85. The Balaban J connectivity index is 2.22. The highest BCUT2D eigenvalue weighted by atomic mass is 16.4. The molecule has 1 aromatic carbocycles. The summed E-state index contributed by atoms with van der Waals surface area (Å²) in [7, 11) is 1.77. The van der Waals surface area contributed by atoms with Crippen molar-refractivity contribution in [2.45, 2.75) is 6.54 Å². The summed E-state index contributed by atoms with van der Waals surface area (Å²) in [5.41, 5.74) is 6.84. The largest absolute Gasteiger partial charge is 0.409 e. The average Bonchev–Trinajstić information content (AvgIpc) is 2.47. The predicted molar refractivity (Wildman–Crippen MR) is 75.9 cm³/mol. The second kappa shape index (κ2) is 5.87. The van der Waals surface area contributed by atoms with Crippen LogP contribution in [0.1, 0.15) is 11.1 Å². The highest BCUT2D eigenvalue weighted by Crippen LogP contribution is 2.10. The van der Waals surface area contributed by atoms with E-state index in [1.807, 2.05) is 6.07 Å². The minimum Gasteiger partial charge on any atom is -0.409 e. The summed E-state index contributed by atoms with van der Waals surface area (Å²) in [6.07, 6.45) is 3.01. The van der Waals surface area contributed by atoms with Gasteiger partial charge in [-0.15, -0.1) is 0 Å². The van der Waals surface area contributed by atoms with Gasteiger partial charge in [0, 0.05) is 31.5 Å². The van der Waals surface area contributed by atoms with Crippen LogP contribution in [0.4, 0.5) is 5.82 Å². The van der Waals surface area contributed by atoms with E-state index in [1.165, 1.54) is 12.4 Å². The van der Waals surface area contributed by atoms with Crippen molar-refractivity contribution in [1.82, 2.24) is 9.97 Å². The molecule has 1 aromatic heterocycles. The van der Waals surface area contributed by atoms with Crippen molar-refractivity contribution in [3.63, 3.8) is 0 Å². The molecule has 20 heavy (non-hydrogen) atoms. The lowest BCUT2D eigenvalue weighted by atomic mass is 10.1. The van der Waals surface area contributed by atoms with Crippen molar-refractivity contribution in [3.05, 3.63) is 58.1 Å². The summed E-state index contributed by atoms with van der Waals surface area (Å²) in [6.45, 7) is 0.479. The van der Waals surface area contributed by atoms with Crippen LogP contribution >= 0.6 is 0 Å². The summed E-state index contributed by atoms with van der Waals surface area (Å²) in [4.78, 5) is 20.0. The van der Waals surface area contributed by atoms with E-state index in [0.29, 0.717) is 17.9 Å². The fraction of sp³-hybridized carbons (Fsp3) is 0.154. The van der Waals surface area contributed by atoms with E-state index in [4.69, 9.17) is 10.9 Å². The maximum atomic E-state index is 11.6. The van der Waals surface area contributed by atoms with Crippen LogP contribution < -0.4 is 16.2 Å². The molecule has 104 valence electrons. The topological polar surface area (TPSA) is 108 Å². The monoisotopic (exact) mass is 273 g/mol. The summed E-state index contributed by atoms with van der Waals surface area (Å²) in [5, 5.41) is 11.6. The first-order valence-electron chi connectivity index (χ1n) is 5.93. The van der Waals surface area contributed by atoms with E-state index in [9.17, 15) is 4.79 Å². The molecule has 0 radical (unpaired) electrons. The summed E-state index contributed by atoms with van der Waals surface area (Å²) in [5.74, 6) is 0.381. The molecule has 0 atom stereocenters. The highest BCUT2D eigenvalue weighted by molar-refractivity contribution is 5.97. The van der Waals surface area contributed by atoms with Crippen LogP contribution in [0.25, 0.3) is 0 Å². The minimum atomic E-state index is -0.248. The van der Waals surface area contributed by atoms with Crippen LogP contribution in [0.2, 0.25) is 0 Å². The second-order valence-electron chi connectivity index (χ2n) is 4.28. The Hall–Kier alpha value is -2.83. The third-order valence-corrected chi connectivity index (χ3v) is 2.80. The number of nitrogens with two attached hydrogens (primary N) is 1. The van der Waals surface area contributed by atoms with Gasteiger partial charge in [0.2, 0.25) is 0 Å². The van der Waals surface area contributed by atoms with Crippen molar-refractivity contribution < 1.29 is 5.21 Å². The molecule has 0 bridgehead atoms. The Morgan fingerprint density at radius 1 is 1.55 bits per heavy atom. The maximum Gasteiger partial charge on any atom is 0.290 e. The molecule has 0 saturated carbocycles. The standard InChI is InChI=1S/C13H15N5O2/c1-18(12-13(19)16-6-5-15-12)8-9-3-2-4-10(7-9)11(14)17-20/h2-7,20H,8H2,1H3,(H2,14,17)(H,16,19). The van der Waals surface area contributed by atoms with Gasteiger partial charge in [-0.25, -0.2) is 4.98 Å². The number of oxime groups is 1. The molecule has 2 rings (SSSR count). The van der Waals surface area contributed by atoms with Gasteiger partial charge in [0.15, 0.2) is 11.7 Å². The van der Waals surface area contributed by atoms with Gasteiger partial charge in [-0.3, -0.25) is 4.79 Å². The van der Waals surface area contributed by atoms with Crippen LogP contribution in [0.5, 0.6) is 0 Å². The van der Waals surface area contributed by atoms with Crippen LogP contribution in [-0.4, -0.2) is 28.1 Å². The quantitative estimate of drug-likeness (QED) is 0.325. The molecule has 0 aliphatic heterocycles. The Bertz CT molecular complexity index is 680. The van der Waals surface area contributed by atoms with Crippen LogP contribution in [0, 0.1) is 0 Å². The Labute approximate surface area is 115 Å². The smallest absolute Gasteiger partial charge is 0.290 e. The van der Waals surface area contributed by atoms with Crippen LogP contribution in [0.15, 0.2) is 46.6 Å². The van der Waals surface area contributed by atoms with E-state index in [2.05, 4.69) is 15.1 Å². The molecule has 7 nitrogen and oxygen atoms in total. The first-order valence-corrected chi connectivity index (χ1v) is 5.93. The highest BCUT2D eigenvalue weighted by Gasteiger charge is 2.08. The summed E-state index contributed by atoms with van der Waals surface area (Å²) in [6, 6.07) is 7.23. The third-order valence-electron chi connectivity index (χ3n) is 2.80. The lowest BCUT2D eigenvalue weighted by molar-refractivity contribution is 0.318. The van der Waals surface area contributed by atoms with Gasteiger partial charge in [0.1, 0.15) is 0 Å². The van der Waals surface area contributed by atoms with Crippen LogP contribution in [-0.2, 0) is 6.54 Å². The second-order valence-corrected chi connectivity index (χ2v) is 4.28. The molecule has 0 fully saturated rings. The molecule has 0 spiro atoms. The van der Waals surface area contributed by atoms with Crippen molar-refractivity contribution in [2.24, 2.45) is 10.9 Å². The van der Waals surface area contributed by atoms with Gasteiger partial charge >= 0.3 is 0 Å². The molecule has 0 aliphatic rings. The van der Waals surface area contributed by atoms with Crippen LogP contribution in [0.3, 0.4) is 0 Å². The number of hydrogen-bond acceptors (Lipinski definition) is 5. The normalized spacial score (nSPS) is 11.3. The number of benzene rings is 1. The van der Waals surface area contributed by atoms with E-state index in [-0.39, 0.29) is 11.4 Å². The van der Waals surface area contributed by atoms with E-state index in [0.717, 1.165) is 5.56 Å². The first-order chi connectivity index (χ1) is 9.61. The zero-order valence-corrected chi connectivity index (χ0v) is 10.9. The molecule has 0 aliphatic carbocycles. The van der Waals surface area contributed by atoms with Gasteiger partial charge in [-0.2, -0.15) is 0 Å². The van der Waals surface area contributed by atoms with Crippen molar-refractivity contribution in [2.75, 3.05) is 11.9 Å². The van der Waals surface area contributed by atoms with Gasteiger partial charge in [0.25, 0.3) is 5.56 Å². The summed E-state index contributed by atoms with van der Waals surface area (Å²) >= 11 is 0. The van der Waals surface area contributed by atoms with E-state index < -0.39 is 0 Å². The minimum absolute atomic E-state index is 0.0465. The Kier molecular flexibility index (Phi) is 3.99. The lowest BCUT2D eigenvalue weighted by Gasteiger charge is -2.17. The molecule has 0 unspecified atom stereocenters. The SMILES string of the molecule is CN(Cc1cccc(/C(N)=N/O)c1)c1ncc[nH]c1=O. The molecular formula is C13H15N5O2. The molecule has 7 heteroatoms. The van der Waals surface area contributed by atoms with Gasteiger partial charge in [-0.05, 0) is 11.6 Å². The van der Waals surface area contributed by atoms with Crippen molar-refractivity contribution >= 4 is 11.7 Å². The molecule has 0 amide bonds. The van der Waals surface area contributed by atoms with Crippen molar-refractivity contribution in [3.8, 4) is 0 Å². The third kappa shape index (κ3) is 2.94. The number of anilines is 1. The zero-order valence-electron chi connectivity index (χ0n) is 10.9. The number of hydrogen-bond donors (Lipinski definition) is 3. The zero-order chi connectivity index (χ0) is 14.5. The number of amidine groups is 1. The maximum absolute atomic E-state index is 11.6. The van der Waals surface area contributed by atoms with Gasteiger partial charge in [0.05, 0.1) is 0 Å². The van der Waals surface area contributed by atoms with Gasteiger partial charge < -0.3 is 20.8 Å². The number of rotatable bonds is 4. The number of aromatic amines is 1. The fourth-order valence-electron chi connectivity index (χ4n) is 1.85. The molecular weight excluding hydrogens is 258 g/mol. The number of nitrogens with one attached hydrogen (secondary N) is 1. The Morgan fingerprint density at radius 3 is 3.05 bits per heavy atom. The molecule has 0 saturated heterocycles. The molecule has 1 heterocycles.